The Balaban J connectivity index is 2.82. The third kappa shape index (κ3) is 3.65. The molecular weight excluding hydrogens is 249 g/mol. The highest BCUT2D eigenvalue weighted by Gasteiger charge is 2.34. The third-order valence-electron chi connectivity index (χ3n) is 2.33. The van der Waals surface area contributed by atoms with Crippen molar-refractivity contribution in [2.45, 2.75) is 25.9 Å². The lowest BCUT2D eigenvalue weighted by Gasteiger charge is -2.12. The van der Waals surface area contributed by atoms with Gasteiger partial charge in [0.1, 0.15) is 5.75 Å². The predicted octanol–water partition coefficient (Wildman–Crippen LogP) is 2.91. The molecule has 18 heavy (non-hydrogen) atoms. The molecule has 0 radical (unpaired) electrons. The minimum absolute atomic E-state index is 0.00852. The molecule has 1 aromatic rings. The van der Waals surface area contributed by atoms with Crippen LogP contribution in [0.25, 0.3) is 0 Å². The van der Waals surface area contributed by atoms with Crippen LogP contribution < -0.4 is 0 Å². The summed E-state index contributed by atoms with van der Waals surface area (Å²) in [7, 11) is 0. The molecule has 1 rings (SSSR count). The first-order chi connectivity index (χ1) is 8.36. The van der Waals surface area contributed by atoms with E-state index in [4.69, 9.17) is 0 Å². The second-order valence-corrected chi connectivity index (χ2v) is 3.62. The van der Waals surface area contributed by atoms with Gasteiger partial charge in [-0.3, -0.25) is 4.79 Å². The van der Waals surface area contributed by atoms with Gasteiger partial charge < -0.3 is 9.84 Å². The smallest absolute Gasteiger partial charge is 0.419 e. The Labute approximate surface area is 102 Å². The molecule has 0 aliphatic heterocycles. The lowest BCUT2D eigenvalue weighted by Crippen LogP contribution is -2.08. The van der Waals surface area contributed by atoms with Crippen LogP contribution in [0, 0.1) is 0 Å². The first-order valence-corrected chi connectivity index (χ1v) is 5.40. The Kier molecular flexibility index (Phi) is 4.58. The van der Waals surface area contributed by atoms with Crippen LogP contribution in [0.5, 0.6) is 5.75 Å². The van der Waals surface area contributed by atoms with E-state index in [0.29, 0.717) is 0 Å². The van der Waals surface area contributed by atoms with Crippen molar-refractivity contribution in [3.05, 3.63) is 29.3 Å². The first kappa shape index (κ1) is 14.3. The van der Waals surface area contributed by atoms with Crippen LogP contribution in [-0.2, 0) is 22.1 Å². The highest BCUT2D eigenvalue weighted by Crippen LogP contribution is 2.37. The molecule has 1 N–H and O–H groups in total. The first-order valence-electron chi connectivity index (χ1n) is 5.40. The second kappa shape index (κ2) is 5.75. The van der Waals surface area contributed by atoms with Crippen molar-refractivity contribution >= 4 is 5.97 Å². The minimum atomic E-state index is -4.61. The number of rotatable bonds is 4. The molecule has 0 fully saturated rings. The fourth-order valence-electron chi connectivity index (χ4n) is 1.49. The average molecular weight is 262 g/mol. The minimum Gasteiger partial charge on any atom is -0.507 e. The monoisotopic (exact) mass is 262 g/mol. The molecule has 0 saturated heterocycles. The van der Waals surface area contributed by atoms with Crippen molar-refractivity contribution in [1.29, 1.82) is 0 Å². The molecule has 0 aliphatic rings. The fourth-order valence-corrected chi connectivity index (χ4v) is 1.49. The van der Waals surface area contributed by atoms with Crippen molar-refractivity contribution in [3.63, 3.8) is 0 Å². The Morgan fingerprint density at radius 1 is 1.39 bits per heavy atom. The standard InChI is InChI=1S/C12H13F3O3/c1-2-18-10(16)7-6-8-4-3-5-9(11(8)17)12(13,14)15/h3-5,17H,2,6-7H2,1H3. The van der Waals surface area contributed by atoms with Gasteiger partial charge in [-0.05, 0) is 25.0 Å². The van der Waals surface area contributed by atoms with Crippen LogP contribution in [0.15, 0.2) is 18.2 Å². The summed E-state index contributed by atoms with van der Waals surface area (Å²) in [6, 6.07) is 3.34. The van der Waals surface area contributed by atoms with E-state index in [-0.39, 0.29) is 25.0 Å². The van der Waals surface area contributed by atoms with Crippen molar-refractivity contribution in [2.75, 3.05) is 6.61 Å². The van der Waals surface area contributed by atoms with Gasteiger partial charge in [0.25, 0.3) is 0 Å². The van der Waals surface area contributed by atoms with Gasteiger partial charge in [-0.2, -0.15) is 13.2 Å². The summed E-state index contributed by atoms with van der Waals surface area (Å²) in [6.45, 7) is 1.85. The van der Waals surface area contributed by atoms with E-state index < -0.39 is 23.5 Å². The van der Waals surface area contributed by atoms with Crippen LogP contribution in [0.2, 0.25) is 0 Å². The van der Waals surface area contributed by atoms with E-state index in [9.17, 15) is 23.1 Å². The summed E-state index contributed by atoms with van der Waals surface area (Å²) < 4.78 is 42.1. The number of halogens is 3. The zero-order chi connectivity index (χ0) is 13.8. The van der Waals surface area contributed by atoms with Gasteiger partial charge in [0.15, 0.2) is 0 Å². The molecule has 6 heteroatoms. The number of phenols is 1. The molecule has 0 atom stereocenters. The van der Waals surface area contributed by atoms with Crippen molar-refractivity contribution in [3.8, 4) is 5.75 Å². The summed E-state index contributed by atoms with van der Waals surface area (Å²) in [4.78, 5) is 11.1. The molecule has 0 saturated carbocycles. The highest BCUT2D eigenvalue weighted by atomic mass is 19.4. The normalized spacial score (nSPS) is 11.3. The van der Waals surface area contributed by atoms with E-state index in [1.165, 1.54) is 12.1 Å². The van der Waals surface area contributed by atoms with Gasteiger partial charge in [0.2, 0.25) is 0 Å². The number of ether oxygens (including phenoxy) is 1. The van der Waals surface area contributed by atoms with E-state index in [1.54, 1.807) is 6.92 Å². The molecule has 0 spiro atoms. The van der Waals surface area contributed by atoms with E-state index in [1.807, 2.05) is 0 Å². The Bertz CT molecular complexity index is 427. The highest BCUT2D eigenvalue weighted by molar-refractivity contribution is 5.69. The van der Waals surface area contributed by atoms with Gasteiger partial charge in [-0.15, -0.1) is 0 Å². The zero-order valence-electron chi connectivity index (χ0n) is 9.75. The van der Waals surface area contributed by atoms with Crippen molar-refractivity contribution < 1.29 is 27.8 Å². The number of para-hydroxylation sites is 1. The maximum Gasteiger partial charge on any atom is 0.419 e. The predicted molar refractivity (Wildman–Crippen MR) is 58.1 cm³/mol. The summed E-state index contributed by atoms with van der Waals surface area (Å²) in [5, 5.41) is 9.50. The van der Waals surface area contributed by atoms with Crippen molar-refractivity contribution in [2.24, 2.45) is 0 Å². The van der Waals surface area contributed by atoms with Crippen molar-refractivity contribution in [1.82, 2.24) is 0 Å². The third-order valence-corrected chi connectivity index (χ3v) is 2.33. The van der Waals surface area contributed by atoms with Gasteiger partial charge in [-0.1, -0.05) is 12.1 Å². The lowest BCUT2D eigenvalue weighted by molar-refractivity contribution is -0.143. The largest absolute Gasteiger partial charge is 0.507 e. The summed E-state index contributed by atoms with van der Waals surface area (Å²) in [5.41, 5.74) is -1.01. The summed E-state index contributed by atoms with van der Waals surface area (Å²) in [5.74, 6) is -1.33. The zero-order valence-corrected chi connectivity index (χ0v) is 9.75. The molecule has 3 nitrogen and oxygen atoms in total. The van der Waals surface area contributed by atoms with E-state index in [0.717, 1.165) is 6.07 Å². The number of carbonyl (C=O) groups excluding carboxylic acids is 1. The summed E-state index contributed by atoms with van der Waals surface area (Å²) in [6.07, 6.45) is -4.67. The number of benzene rings is 1. The van der Waals surface area contributed by atoms with Gasteiger partial charge in [0.05, 0.1) is 12.2 Å². The molecule has 0 amide bonds. The maximum atomic E-state index is 12.5. The second-order valence-electron chi connectivity index (χ2n) is 3.62. The number of aromatic hydroxyl groups is 1. The maximum absolute atomic E-state index is 12.5. The molecule has 100 valence electrons. The number of phenolic OH excluding ortho intramolecular Hbond substituents is 1. The molecule has 0 heterocycles. The quantitative estimate of drug-likeness (QED) is 0.849. The summed E-state index contributed by atoms with van der Waals surface area (Å²) >= 11 is 0. The topological polar surface area (TPSA) is 46.5 Å². The number of alkyl halides is 3. The molecular formula is C12H13F3O3. The Morgan fingerprint density at radius 3 is 2.61 bits per heavy atom. The van der Waals surface area contributed by atoms with Crippen LogP contribution >= 0.6 is 0 Å². The SMILES string of the molecule is CCOC(=O)CCc1cccc(C(F)(F)F)c1O. The molecule has 1 aromatic carbocycles. The van der Waals surface area contributed by atoms with Gasteiger partial charge in [0, 0.05) is 6.42 Å². The Hall–Kier alpha value is -1.72. The fraction of sp³-hybridized carbons (Fsp3) is 0.417. The number of hydrogen-bond acceptors (Lipinski definition) is 3. The van der Waals surface area contributed by atoms with Gasteiger partial charge in [-0.25, -0.2) is 0 Å². The van der Waals surface area contributed by atoms with Crippen LogP contribution in [0.3, 0.4) is 0 Å². The van der Waals surface area contributed by atoms with Crippen LogP contribution in [-0.4, -0.2) is 17.7 Å². The number of aryl methyl sites for hydroxylation is 1. The molecule has 0 aromatic heterocycles. The average Bonchev–Trinajstić information content (AvgIpc) is 2.26. The number of hydrogen-bond donors (Lipinski definition) is 1. The van der Waals surface area contributed by atoms with E-state index >= 15 is 0 Å². The van der Waals surface area contributed by atoms with E-state index in [2.05, 4.69) is 4.74 Å². The number of carbonyl (C=O) groups is 1. The molecule has 0 bridgehead atoms. The van der Waals surface area contributed by atoms with Crippen LogP contribution in [0.1, 0.15) is 24.5 Å². The molecule has 0 aliphatic carbocycles. The number of esters is 1. The van der Waals surface area contributed by atoms with Crippen LogP contribution in [0.4, 0.5) is 13.2 Å². The lowest BCUT2D eigenvalue weighted by atomic mass is 10.0. The van der Waals surface area contributed by atoms with Gasteiger partial charge >= 0.3 is 12.1 Å². The molecule has 0 unspecified atom stereocenters. The Morgan fingerprint density at radius 2 is 2.06 bits per heavy atom.